The molecule has 2 aromatic rings. The van der Waals surface area contributed by atoms with Gasteiger partial charge in [-0.2, -0.15) is 0 Å². The van der Waals surface area contributed by atoms with Crippen LogP contribution in [0.1, 0.15) is 5.69 Å². The zero-order valence-electron chi connectivity index (χ0n) is 10.9. The van der Waals surface area contributed by atoms with Crippen LogP contribution >= 0.6 is 0 Å². The molecule has 2 aromatic heterocycles. The van der Waals surface area contributed by atoms with E-state index in [1.165, 1.54) is 36.0 Å². The molecule has 0 aliphatic carbocycles. The van der Waals surface area contributed by atoms with Crippen LogP contribution in [0.15, 0.2) is 39.5 Å². The van der Waals surface area contributed by atoms with Crippen LogP contribution in [0.3, 0.4) is 0 Å². The van der Waals surface area contributed by atoms with E-state index in [0.29, 0.717) is 17.2 Å². The Kier molecular flexibility index (Phi) is 3.34. The minimum Gasteiger partial charge on any atom is -0.384 e. The average Bonchev–Trinajstić information content (AvgIpc) is 2.44. The second-order valence-corrected chi connectivity index (χ2v) is 4.02. The summed E-state index contributed by atoms with van der Waals surface area (Å²) in [5.41, 5.74) is 5.07. The number of rotatable bonds is 3. The first-order chi connectivity index (χ1) is 9.51. The number of hydrogen-bond acceptors (Lipinski definition) is 5. The normalized spacial score (nSPS) is 10.2. The summed E-state index contributed by atoms with van der Waals surface area (Å²) in [5, 5.41) is 0. The summed E-state index contributed by atoms with van der Waals surface area (Å²) in [5.74, 6) is 0.295. The number of hydrogen-bond donors (Lipinski definition) is 1. The first kappa shape index (κ1) is 13.5. The fourth-order valence-electron chi connectivity index (χ4n) is 1.85. The molecule has 2 rings (SSSR count). The van der Waals surface area contributed by atoms with Gasteiger partial charge in [-0.1, -0.05) is 6.58 Å². The number of aromatic nitrogens is 3. The van der Waals surface area contributed by atoms with Gasteiger partial charge in [0, 0.05) is 7.05 Å². The highest BCUT2D eigenvalue weighted by atomic mass is 16.2. The molecule has 2 N–H and O–H groups in total. The smallest absolute Gasteiger partial charge is 0.336 e. The van der Waals surface area contributed by atoms with E-state index in [9.17, 15) is 9.59 Å². The van der Waals surface area contributed by atoms with Gasteiger partial charge in [0.15, 0.2) is 5.69 Å². The van der Waals surface area contributed by atoms with E-state index >= 15 is 0 Å². The molecule has 0 fully saturated rings. The monoisotopic (exact) mass is 271 g/mol. The van der Waals surface area contributed by atoms with E-state index in [0.717, 1.165) is 4.57 Å². The lowest BCUT2D eigenvalue weighted by atomic mass is 10.3. The van der Waals surface area contributed by atoms with Crippen molar-refractivity contribution in [3.63, 3.8) is 0 Å². The molecule has 2 heterocycles. The van der Waals surface area contributed by atoms with E-state index in [-0.39, 0.29) is 5.69 Å². The van der Waals surface area contributed by atoms with Gasteiger partial charge in [-0.25, -0.2) is 14.3 Å². The van der Waals surface area contributed by atoms with Crippen LogP contribution in [0.25, 0.3) is 11.8 Å². The van der Waals surface area contributed by atoms with Crippen LogP contribution < -0.4 is 17.0 Å². The molecular formula is C13H13N5O2. The number of pyridine rings is 1. The Morgan fingerprint density at radius 1 is 1.40 bits per heavy atom. The van der Waals surface area contributed by atoms with Crippen molar-refractivity contribution in [2.24, 2.45) is 12.0 Å². The summed E-state index contributed by atoms with van der Waals surface area (Å²) in [4.78, 5) is 32.2. The van der Waals surface area contributed by atoms with Crippen molar-refractivity contribution < 1.29 is 0 Å². The molecule has 7 heteroatoms. The third-order valence-electron chi connectivity index (χ3n) is 2.87. The zero-order chi connectivity index (χ0) is 14.9. The topological polar surface area (TPSA) is 95.3 Å². The molecule has 0 spiro atoms. The maximum Gasteiger partial charge on any atom is 0.336 e. The summed E-state index contributed by atoms with van der Waals surface area (Å²) in [6.07, 6.45) is 2.73. The van der Waals surface area contributed by atoms with E-state index in [1.807, 2.05) is 0 Å². The van der Waals surface area contributed by atoms with Crippen molar-refractivity contribution in [3.8, 4) is 5.69 Å². The molecule has 0 radical (unpaired) electrons. The Labute approximate surface area is 114 Å². The second kappa shape index (κ2) is 4.96. The van der Waals surface area contributed by atoms with Crippen molar-refractivity contribution in [1.29, 1.82) is 0 Å². The maximum atomic E-state index is 12.3. The van der Waals surface area contributed by atoms with Gasteiger partial charge in [0.2, 0.25) is 0 Å². The molecule has 0 amide bonds. The Morgan fingerprint density at radius 3 is 2.60 bits per heavy atom. The minimum absolute atomic E-state index is 0.0546. The van der Waals surface area contributed by atoms with Gasteiger partial charge in [0.05, 0.1) is 17.6 Å². The van der Waals surface area contributed by atoms with Crippen LogP contribution in [0.5, 0.6) is 0 Å². The van der Waals surface area contributed by atoms with E-state index in [1.54, 1.807) is 0 Å². The Morgan fingerprint density at radius 2 is 2.10 bits per heavy atom. The van der Waals surface area contributed by atoms with E-state index in [4.69, 9.17) is 5.73 Å². The van der Waals surface area contributed by atoms with Crippen molar-refractivity contribution in [2.45, 2.75) is 0 Å². The Bertz CT molecular complexity index is 799. The predicted octanol–water partition coefficient (Wildman–Crippen LogP) is 0.488. The van der Waals surface area contributed by atoms with Crippen molar-refractivity contribution in [3.05, 3.63) is 51.4 Å². The zero-order valence-corrected chi connectivity index (χ0v) is 10.9. The highest BCUT2D eigenvalue weighted by Crippen LogP contribution is 2.13. The fourth-order valence-corrected chi connectivity index (χ4v) is 1.85. The molecule has 0 saturated carbocycles. The molecule has 0 saturated heterocycles. The molecule has 102 valence electrons. The van der Waals surface area contributed by atoms with Gasteiger partial charge in [-0.05, 0) is 24.9 Å². The van der Waals surface area contributed by atoms with E-state index < -0.39 is 11.2 Å². The highest BCUT2D eigenvalue weighted by molar-refractivity contribution is 5.61. The van der Waals surface area contributed by atoms with Gasteiger partial charge in [-0.15, -0.1) is 0 Å². The lowest BCUT2D eigenvalue weighted by Gasteiger charge is -2.11. The van der Waals surface area contributed by atoms with Crippen LogP contribution in [0.2, 0.25) is 0 Å². The van der Waals surface area contributed by atoms with E-state index in [2.05, 4.69) is 23.3 Å². The molecule has 0 aliphatic rings. The molecule has 0 aliphatic heterocycles. The first-order valence-electron chi connectivity index (χ1n) is 5.68. The molecule has 0 unspecified atom stereocenters. The average molecular weight is 271 g/mol. The standard InChI is InChI=1S/C13H13N5O2/c1-4-9-11(15-2)12(19)18(13(20)17(9)3)8-5-6-10(14)16-7-8/h4-7H,1-2H2,3H3,(H2,14,16). The summed E-state index contributed by atoms with van der Waals surface area (Å²) in [6, 6.07) is 3.04. The summed E-state index contributed by atoms with van der Waals surface area (Å²) in [7, 11) is 1.52. The third kappa shape index (κ3) is 1.95. The lowest BCUT2D eigenvalue weighted by Crippen LogP contribution is -2.38. The maximum absolute atomic E-state index is 12.3. The van der Waals surface area contributed by atoms with Crippen molar-refractivity contribution in [2.75, 3.05) is 5.73 Å². The van der Waals surface area contributed by atoms with Crippen LogP contribution in [-0.2, 0) is 7.05 Å². The van der Waals surface area contributed by atoms with Gasteiger partial charge >= 0.3 is 5.69 Å². The minimum atomic E-state index is -0.579. The molecule has 0 aromatic carbocycles. The largest absolute Gasteiger partial charge is 0.384 e. The number of nitrogens with two attached hydrogens (primary N) is 1. The summed E-state index contributed by atoms with van der Waals surface area (Å²) in [6.45, 7) is 6.93. The van der Waals surface area contributed by atoms with Crippen LogP contribution in [0.4, 0.5) is 11.5 Å². The molecule has 20 heavy (non-hydrogen) atoms. The SMILES string of the molecule is C=Cc1c(N=C)c(=O)n(-c2ccc(N)nc2)c(=O)n1C. The fraction of sp³-hybridized carbons (Fsp3) is 0.0769. The molecule has 0 atom stereocenters. The third-order valence-corrected chi connectivity index (χ3v) is 2.87. The lowest BCUT2D eigenvalue weighted by molar-refractivity contribution is 0.731. The quantitative estimate of drug-likeness (QED) is 0.822. The molecule has 7 nitrogen and oxygen atoms in total. The Hall–Kier alpha value is -2.96. The van der Waals surface area contributed by atoms with Gasteiger partial charge < -0.3 is 5.73 Å². The number of aliphatic imine (C=N–C) groups is 1. The second-order valence-electron chi connectivity index (χ2n) is 4.02. The number of nitrogen functional groups attached to an aromatic ring is 1. The first-order valence-corrected chi connectivity index (χ1v) is 5.68. The van der Waals surface area contributed by atoms with Gasteiger partial charge in [0.1, 0.15) is 5.82 Å². The van der Waals surface area contributed by atoms with Crippen LogP contribution in [-0.4, -0.2) is 20.8 Å². The van der Waals surface area contributed by atoms with Crippen molar-refractivity contribution >= 4 is 24.3 Å². The van der Waals surface area contributed by atoms with Gasteiger partial charge in [-0.3, -0.25) is 14.4 Å². The summed E-state index contributed by atoms with van der Waals surface area (Å²) >= 11 is 0. The van der Waals surface area contributed by atoms with Crippen molar-refractivity contribution in [1.82, 2.24) is 14.1 Å². The van der Waals surface area contributed by atoms with Crippen LogP contribution in [0, 0.1) is 0 Å². The molecular weight excluding hydrogens is 258 g/mol. The predicted molar refractivity (Wildman–Crippen MR) is 78.8 cm³/mol. The summed E-state index contributed by atoms with van der Waals surface area (Å²) < 4.78 is 2.23. The van der Waals surface area contributed by atoms with Gasteiger partial charge in [0.25, 0.3) is 5.56 Å². The number of anilines is 1. The number of nitrogens with zero attached hydrogens (tertiary/aromatic N) is 4. The highest BCUT2D eigenvalue weighted by Gasteiger charge is 2.15. The molecule has 0 bridgehead atoms. The Balaban J connectivity index is 2.91.